The van der Waals surface area contributed by atoms with E-state index in [1.165, 1.54) is 0 Å². The van der Waals surface area contributed by atoms with E-state index in [1.54, 1.807) is 7.11 Å². The van der Waals surface area contributed by atoms with E-state index in [0.717, 1.165) is 0 Å². The lowest BCUT2D eigenvalue weighted by Crippen LogP contribution is -2.17. The third-order valence-electron chi connectivity index (χ3n) is 0.701. The molecule has 1 amide bonds. The molecule has 0 fully saturated rings. The lowest BCUT2D eigenvalue weighted by atomic mass is 10.8. The first-order valence-electron chi connectivity index (χ1n) is 2.65. The average molecular weight is 133 g/mol. The van der Waals surface area contributed by atoms with Gasteiger partial charge in [0.15, 0.2) is 0 Å². The molecule has 0 aromatic rings. The van der Waals surface area contributed by atoms with Gasteiger partial charge in [0.2, 0.25) is 6.41 Å². The Hall–Kier alpha value is -0.610. The van der Waals surface area contributed by atoms with E-state index in [9.17, 15) is 4.79 Å². The average Bonchev–Trinajstić information content (AvgIpc) is 1.89. The molecule has 9 heavy (non-hydrogen) atoms. The van der Waals surface area contributed by atoms with Crippen LogP contribution >= 0.6 is 0 Å². The number of methoxy groups -OCH3 is 1. The van der Waals surface area contributed by atoms with E-state index in [4.69, 9.17) is 4.74 Å². The highest BCUT2D eigenvalue weighted by Crippen LogP contribution is 1.70. The van der Waals surface area contributed by atoms with Crippen LogP contribution in [0.25, 0.3) is 0 Å². The molecule has 0 unspecified atom stereocenters. The minimum absolute atomic E-state index is 0.257. The molecule has 4 nitrogen and oxygen atoms in total. The molecule has 1 N–H and O–H groups in total. The van der Waals surface area contributed by atoms with Crippen molar-refractivity contribution in [2.75, 3.05) is 27.1 Å². The van der Waals surface area contributed by atoms with Gasteiger partial charge in [-0.05, 0) is 0 Å². The third kappa shape index (κ3) is 7.39. The van der Waals surface area contributed by atoms with Gasteiger partial charge in [-0.1, -0.05) is 0 Å². The van der Waals surface area contributed by atoms with E-state index >= 15 is 0 Å². The summed E-state index contributed by atoms with van der Waals surface area (Å²) in [6, 6.07) is 0. The van der Waals surface area contributed by atoms with E-state index in [0.29, 0.717) is 19.6 Å². The maximum atomic E-state index is 9.62. The molecule has 0 aliphatic rings. The highest BCUT2D eigenvalue weighted by atomic mass is 16.5. The summed E-state index contributed by atoms with van der Waals surface area (Å²) in [6.07, 6.45) is 0.590. The minimum atomic E-state index is 0.257. The molecule has 0 aromatic heterocycles. The summed E-state index contributed by atoms with van der Waals surface area (Å²) in [4.78, 5) is 9.62. The monoisotopic (exact) mass is 133 g/mol. The topological polar surface area (TPSA) is 47.6 Å². The first-order chi connectivity index (χ1) is 4.41. The lowest BCUT2D eigenvalue weighted by Gasteiger charge is -1.99. The molecule has 0 aliphatic heterocycles. The number of rotatable bonds is 6. The van der Waals surface area contributed by atoms with Crippen LogP contribution in [0.15, 0.2) is 0 Å². The summed E-state index contributed by atoms with van der Waals surface area (Å²) in [5.41, 5.74) is 0. The van der Waals surface area contributed by atoms with Gasteiger partial charge >= 0.3 is 0 Å². The van der Waals surface area contributed by atoms with Gasteiger partial charge in [0.25, 0.3) is 0 Å². The van der Waals surface area contributed by atoms with Crippen LogP contribution in [-0.2, 0) is 14.3 Å². The number of carbonyl (C=O) groups excluding carboxylic acids is 1. The van der Waals surface area contributed by atoms with Crippen LogP contribution in [0.3, 0.4) is 0 Å². The Labute approximate surface area is 54.1 Å². The first-order valence-corrected chi connectivity index (χ1v) is 2.65. The van der Waals surface area contributed by atoms with Gasteiger partial charge in [0.05, 0.1) is 13.2 Å². The molecule has 54 valence electrons. The number of carbonyl (C=O) groups is 1. The Morgan fingerprint density at radius 2 is 2.33 bits per heavy atom. The van der Waals surface area contributed by atoms with Crippen LogP contribution in [0.5, 0.6) is 0 Å². The molecule has 0 rings (SSSR count). The van der Waals surface area contributed by atoms with Gasteiger partial charge in [-0.25, -0.2) is 0 Å². The van der Waals surface area contributed by atoms with Gasteiger partial charge in [-0.15, -0.1) is 0 Å². The zero-order valence-corrected chi connectivity index (χ0v) is 5.42. The molecule has 0 atom stereocenters. The van der Waals surface area contributed by atoms with Crippen LogP contribution in [-0.4, -0.2) is 33.5 Å². The Kier molecular flexibility index (Phi) is 6.89. The second kappa shape index (κ2) is 7.39. The number of hydrogen-bond donors (Lipinski definition) is 1. The lowest BCUT2D eigenvalue weighted by molar-refractivity contribution is -0.111. The molecule has 0 aliphatic carbocycles. The second-order valence-electron chi connectivity index (χ2n) is 1.37. The van der Waals surface area contributed by atoms with Crippen LogP contribution in [0, 0.1) is 0 Å². The predicted octanol–water partition coefficient (Wildman–Crippen LogP) is -0.647. The number of amides is 1. The molecule has 0 spiro atoms. The van der Waals surface area contributed by atoms with Gasteiger partial charge < -0.3 is 14.8 Å². The summed E-state index contributed by atoms with van der Waals surface area (Å²) < 4.78 is 9.53. The van der Waals surface area contributed by atoms with Crippen molar-refractivity contribution in [2.45, 2.75) is 0 Å². The summed E-state index contributed by atoms with van der Waals surface area (Å²) >= 11 is 0. The summed E-state index contributed by atoms with van der Waals surface area (Å²) in [6.45, 7) is 1.32. The van der Waals surface area contributed by atoms with Gasteiger partial charge in [-0.2, -0.15) is 0 Å². The van der Waals surface area contributed by atoms with Crippen molar-refractivity contribution in [2.24, 2.45) is 0 Å². The molecule has 0 saturated carbocycles. The molecule has 4 heteroatoms. The van der Waals surface area contributed by atoms with Crippen molar-refractivity contribution in [1.29, 1.82) is 0 Å². The van der Waals surface area contributed by atoms with Crippen molar-refractivity contribution < 1.29 is 14.3 Å². The third-order valence-corrected chi connectivity index (χ3v) is 0.701. The SMILES string of the molecule is COCCOCNC=O. The first kappa shape index (κ1) is 8.39. The molecular formula is C5H11NO3. The zero-order valence-electron chi connectivity index (χ0n) is 5.42. The minimum Gasteiger partial charge on any atom is -0.382 e. The van der Waals surface area contributed by atoms with E-state index < -0.39 is 0 Å². The molecule has 0 radical (unpaired) electrons. The number of ether oxygens (including phenoxy) is 2. The quantitative estimate of drug-likeness (QED) is 0.297. The Morgan fingerprint density at radius 1 is 1.56 bits per heavy atom. The Balaban J connectivity index is 2.66. The fourth-order valence-corrected chi connectivity index (χ4v) is 0.307. The van der Waals surface area contributed by atoms with E-state index in [1.807, 2.05) is 0 Å². The maximum absolute atomic E-state index is 9.62. The van der Waals surface area contributed by atoms with Crippen LogP contribution < -0.4 is 5.32 Å². The van der Waals surface area contributed by atoms with Crippen molar-refractivity contribution >= 4 is 6.41 Å². The zero-order chi connectivity index (χ0) is 6.95. The van der Waals surface area contributed by atoms with Crippen molar-refractivity contribution in [3.8, 4) is 0 Å². The standard InChI is InChI=1S/C5H11NO3/c1-8-2-3-9-5-6-4-7/h4H,2-3,5H2,1H3,(H,6,7). The largest absolute Gasteiger partial charge is 0.382 e. The smallest absolute Gasteiger partial charge is 0.208 e. The van der Waals surface area contributed by atoms with Crippen molar-refractivity contribution in [3.05, 3.63) is 0 Å². The van der Waals surface area contributed by atoms with Crippen molar-refractivity contribution in [3.63, 3.8) is 0 Å². The summed E-state index contributed by atoms with van der Waals surface area (Å²) in [5.74, 6) is 0. The molecule has 0 aromatic carbocycles. The highest BCUT2D eigenvalue weighted by Gasteiger charge is 1.82. The second-order valence-corrected chi connectivity index (χ2v) is 1.37. The van der Waals surface area contributed by atoms with Crippen LogP contribution in [0.2, 0.25) is 0 Å². The predicted molar refractivity (Wildman–Crippen MR) is 31.9 cm³/mol. The Bertz CT molecular complexity index is 67.2. The normalized spacial score (nSPS) is 9.00. The van der Waals surface area contributed by atoms with Crippen molar-refractivity contribution in [1.82, 2.24) is 5.32 Å². The van der Waals surface area contributed by atoms with Gasteiger partial charge in [0.1, 0.15) is 6.73 Å². The summed E-state index contributed by atoms with van der Waals surface area (Å²) in [5, 5.41) is 2.35. The van der Waals surface area contributed by atoms with E-state index in [-0.39, 0.29) is 6.73 Å². The van der Waals surface area contributed by atoms with Crippen LogP contribution in [0.1, 0.15) is 0 Å². The van der Waals surface area contributed by atoms with Gasteiger partial charge in [-0.3, -0.25) is 4.79 Å². The molecule has 0 heterocycles. The Morgan fingerprint density at radius 3 is 2.89 bits per heavy atom. The maximum Gasteiger partial charge on any atom is 0.208 e. The molecular weight excluding hydrogens is 122 g/mol. The number of hydrogen-bond acceptors (Lipinski definition) is 3. The highest BCUT2D eigenvalue weighted by molar-refractivity contribution is 5.45. The fourth-order valence-electron chi connectivity index (χ4n) is 0.307. The molecule has 0 bridgehead atoms. The fraction of sp³-hybridized carbons (Fsp3) is 0.800. The van der Waals surface area contributed by atoms with Gasteiger partial charge in [0, 0.05) is 7.11 Å². The summed E-state index contributed by atoms with van der Waals surface area (Å²) in [7, 11) is 1.59. The van der Waals surface area contributed by atoms with E-state index in [2.05, 4.69) is 10.1 Å². The molecule has 0 saturated heterocycles. The van der Waals surface area contributed by atoms with Crippen LogP contribution in [0.4, 0.5) is 0 Å². The number of nitrogens with one attached hydrogen (secondary N) is 1.